The number of hydrogen-bond acceptors (Lipinski definition) is 1. The van der Waals surface area contributed by atoms with Crippen molar-refractivity contribution in [2.45, 2.75) is 72.1 Å². The average molecular weight is 329 g/mol. The summed E-state index contributed by atoms with van der Waals surface area (Å²) in [6, 6.07) is 6.33. The zero-order valence-corrected chi connectivity index (χ0v) is 14.8. The van der Waals surface area contributed by atoms with E-state index < -0.39 is 11.7 Å². The van der Waals surface area contributed by atoms with Crippen LogP contribution in [0.15, 0.2) is 24.3 Å². The van der Waals surface area contributed by atoms with Crippen LogP contribution in [-0.2, 0) is 12.7 Å². The molecule has 0 aliphatic carbocycles. The number of alkyl halides is 3. The lowest BCUT2D eigenvalue weighted by Gasteiger charge is -2.34. The Kier molecular flexibility index (Phi) is 8.10. The first-order valence-corrected chi connectivity index (χ1v) is 8.68. The van der Waals surface area contributed by atoms with E-state index in [2.05, 4.69) is 32.6 Å². The molecule has 0 heterocycles. The van der Waals surface area contributed by atoms with Crippen LogP contribution in [0.25, 0.3) is 0 Å². The van der Waals surface area contributed by atoms with E-state index in [1.807, 2.05) is 0 Å². The first-order valence-electron chi connectivity index (χ1n) is 8.68. The fourth-order valence-corrected chi connectivity index (χ4v) is 3.14. The molecule has 0 aliphatic rings. The quantitative estimate of drug-likeness (QED) is 0.526. The Labute approximate surface area is 138 Å². The van der Waals surface area contributed by atoms with Crippen LogP contribution in [0.2, 0.25) is 0 Å². The van der Waals surface area contributed by atoms with Gasteiger partial charge in [-0.15, -0.1) is 0 Å². The molecule has 0 aromatic heterocycles. The minimum Gasteiger partial charge on any atom is -0.296 e. The summed E-state index contributed by atoms with van der Waals surface area (Å²) in [5, 5.41) is 0. The van der Waals surface area contributed by atoms with Crippen LogP contribution in [0.5, 0.6) is 0 Å². The first-order chi connectivity index (χ1) is 10.8. The zero-order valence-electron chi connectivity index (χ0n) is 14.8. The number of nitrogens with zero attached hydrogens (tertiary/aromatic N) is 1. The molecule has 0 spiro atoms. The second kappa shape index (κ2) is 9.31. The Hall–Kier alpha value is -1.03. The van der Waals surface area contributed by atoms with E-state index in [9.17, 15) is 13.2 Å². The lowest BCUT2D eigenvalue weighted by atomic mass is 10.00. The fraction of sp³-hybridized carbons (Fsp3) is 0.684. The summed E-state index contributed by atoms with van der Waals surface area (Å²) >= 11 is 0. The molecule has 4 heteroatoms. The lowest BCUT2D eigenvalue weighted by Crippen LogP contribution is -2.38. The second-order valence-corrected chi connectivity index (χ2v) is 6.71. The largest absolute Gasteiger partial charge is 0.416 e. The van der Waals surface area contributed by atoms with Crippen molar-refractivity contribution in [2.75, 3.05) is 6.54 Å². The summed E-state index contributed by atoms with van der Waals surface area (Å²) in [6.07, 6.45) is -0.102. The average Bonchev–Trinajstić information content (AvgIpc) is 2.45. The molecule has 0 saturated heterocycles. The first kappa shape index (κ1) is 20.0. The molecule has 23 heavy (non-hydrogen) atoms. The van der Waals surface area contributed by atoms with E-state index in [-0.39, 0.29) is 0 Å². The molecule has 132 valence electrons. The van der Waals surface area contributed by atoms with Gasteiger partial charge in [0.15, 0.2) is 0 Å². The molecule has 0 fully saturated rings. The summed E-state index contributed by atoms with van der Waals surface area (Å²) in [5.74, 6) is 0.435. The van der Waals surface area contributed by atoms with Crippen LogP contribution in [0.3, 0.4) is 0 Å². The smallest absolute Gasteiger partial charge is 0.296 e. The normalized spacial score (nSPS) is 12.6. The maximum Gasteiger partial charge on any atom is 0.416 e. The Bertz CT molecular complexity index is 448. The number of halogens is 3. The highest BCUT2D eigenvalue weighted by Crippen LogP contribution is 2.33. The molecule has 1 nitrogen and oxygen atoms in total. The maximum absolute atomic E-state index is 13.2. The van der Waals surface area contributed by atoms with E-state index in [0.717, 1.165) is 32.2 Å². The van der Waals surface area contributed by atoms with Gasteiger partial charge in [0.05, 0.1) is 5.56 Å². The van der Waals surface area contributed by atoms with Crippen molar-refractivity contribution in [1.29, 1.82) is 0 Å². The van der Waals surface area contributed by atoms with Crippen LogP contribution >= 0.6 is 0 Å². The van der Waals surface area contributed by atoms with Crippen molar-refractivity contribution in [1.82, 2.24) is 4.90 Å². The van der Waals surface area contributed by atoms with Gasteiger partial charge in [0.2, 0.25) is 0 Å². The third kappa shape index (κ3) is 6.54. The molecule has 0 unspecified atom stereocenters. The van der Waals surface area contributed by atoms with E-state index in [4.69, 9.17) is 0 Å². The molecule has 0 atom stereocenters. The highest BCUT2D eigenvalue weighted by Gasteiger charge is 2.33. The summed E-state index contributed by atoms with van der Waals surface area (Å²) in [6.45, 7) is 9.73. The van der Waals surface area contributed by atoms with Crippen molar-refractivity contribution in [3.05, 3.63) is 35.4 Å². The Morgan fingerprint density at radius 3 is 2.04 bits per heavy atom. The second-order valence-electron chi connectivity index (χ2n) is 6.71. The summed E-state index contributed by atoms with van der Waals surface area (Å²) in [7, 11) is 0. The fourth-order valence-electron chi connectivity index (χ4n) is 3.14. The minimum atomic E-state index is -4.29. The van der Waals surface area contributed by atoms with Gasteiger partial charge in [0.1, 0.15) is 0 Å². The van der Waals surface area contributed by atoms with Gasteiger partial charge >= 0.3 is 6.18 Å². The van der Waals surface area contributed by atoms with Gasteiger partial charge < -0.3 is 0 Å². The Morgan fingerprint density at radius 1 is 1.00 bits per heavy atom. The molecule has 0 radical (unpaired) electrons. The topological polar surface area (TPSA) is 3.24 Å². The minimum absolute atomic E-state index is 0.355. The van der Waals surface area contributed by atoms with Gasteiger partial charge in [-0.3, -0.25) is 4.90 Å². The summed E-state index contributed by atoms with van der Waals surface area (Å²) in [5.41, 5.74) is -0.113. The Morgan fingerprint density at radius 2 is 1.57 bits per heavy atom. The van der Waals surface area contributed by atoms with Gasteiger partial charge in [0, 0.05) is 19.1 Å². The van der Waals surface area contributed by atoms with Crippen LogP contribution in [0.1, 0.15) is 64.5 Å². The van der Waals surface area contributed by atoms with Crippen molar-refractivity contribution in [3.8, 4) is 0 Å². The highest BCUT2D eigenvalue weighted by atomic mass is 19.4. The summed E-state index contributed by atoms with van der Waals surface area (Å²) < 4.78 is 39.7. The van der Waals surface area contributed by atoms with Gasteiger partial charge in [-0.25, -0.2) is 0 Å². The molecule has 0 bridgehead atoms. The molecule has 1 rings (SSSR count). The Balaban J connectivity index is 3.05. The third-order valence-corrected chi connectivity index (χ3v) is 4.06. The van der Waals surface area contributed by atoms with Crippen molar-refractivity contribution in [2.24, 2.45) is 5.92 Å². The molecule has 0 N–H and O–H groups in total. The predicted molar refractivity (Wildman–Crippen MR) is 90.3 cm³/mol. The van der Waals surface area contributed by atoms with Gasteiger partial charge in [0.25, 0.3) is 0 Å². The van der Waals surface area contributed by atoms with E-state index in [1.165, 1.54) is 12.1 Å². The van der Waals surface area contributed by atoms with Crippen LogP contribution in [-0.4, -0.2) is 17.5 Å². The maximum atomic E-state index is 13.2. The third-order valence-electron chi connectivity index (χ3n) is 4.06. The highest BCUT2D eigenvalue weighted by molar-refractivity contribution is 5.29. The van der Waals surface area contributed by atoms with E-state index >= 15 is 0 Å². The van der Waals surface area contributed by atoms with Crippen LogP contribution < -0.4 is 0 Å². The van der Waals surface area contributed by atoms with E-state index in [1.54, 1.807) is 12.1 Å². The van der Waals surface area contributed by atoms with Crippen LogP contribution in [0, 0.1) is 5.92 Å². The lowest BCUT2D eigenvalue weighted by molar-refractivity contribution is -0.138. The molecule has 1 aromatic carbocycles. The predicted octanol–water partition coefficient (Wildman–Crippen LogP) is 6.13. The summed E-state index contributed by atoms with van der Waals surface area (Å²) in [4.78, 5) is 2.25. The molecule has 0 aliphatic heterocycles. The standard InChI is InChI=1S/C19H30F3N/c1-5-9-17(10-6-2)23(13-15(3)4)14-16-11-7-8-12-18(16)19(20,21)22/h7-8,11-12,15,17H,5-6,9-10,13-14H2,1-4H3. The van der Waals surface area contributed by atoms with Crippen molar-refractivity contribution in [3.63, 3.8) is 0 Å². The number of hydrogen-bond donors (Lipinski definition) is 0. The monoisotopic (exact) mass is 329 g/mol. The molecule has 0 saturated carbocycles. The molecular formula is C19H30F3N. The molecule has 0 amide bonds. The van der Waals surface area contributed by atoms with Crippen LogP contribution in [0.4, 0.5) is 13.2 Å². The number of benzene rings is 1. The van der Waals surface area contributed by atoms with E-state index in [0.29, 0.717) is 24.1 Å². The SMILES string of the molecule is CCCC(CCC)N(Cc1ccccc1C(F)(F)F)CC(C)C. The van der Waals surface area contributed by atoms with Crippen molar-refractivity contribution >= 4 is 0 Å². The van der Waals surface area contributed by atoms with Gasteiger partial charge in [-0.1, -0.05) is 58.7 Å². The molecular weight excluding hydrogens is 299 g/mol. The van der Waals surface area contributed by atoms with Crippen molar-refractivity contribution < 1.29 is 13.2 Å². The number of rotatable bonds is 9. The zero-order chi connectivity index (χ0) is 17.5. The molecule has 1 aromatic rings. The van der Waals surface area contributed by atoms with Gasteiger partial charge in [-0.2, -0.15) is 13.2 Å². The van der Waals surface area contributed by atoms with Gasteiger partial charge in [-0.05, 0) is 30.4 Å².